The number of rotatable bonds is 4. The van der Waals surface area contributed by atoms with Crippen molar-refractivity contribution in [2.24, 2.45) is 0 Å². The number of methoxy groups -OCH3 is 1. The smallest absolute Gasteiger partial charge is 0.343 e. The van der Waals surface area contributed by atoms with Crippen LogP contribution in [-0.4, -0.2) is 22.6 Å². The largest absolute Gasteiger partial charge is 0.465 e. The number of hydrogen-bond acceptors (Lipinski definition) is 5. The molecule has 0 aliphatic carbocycles. The zero-order chi connectivity index (χ0) is 21.3. The zero-order valence-corrected chi connectivity index (χ0v) is 16.8. The molecule has 3 aromatic rings. The van der Waals surface area contributed by atoms with Gasteiger partial charge >= 0.3 is 5.97 Å². The second kappa shape index (κ2) is 7.50. The average Bonchev–Trinajstić information content (AvgIpc) is 2.68. The van der Waals surface area contributed by atoms with Crippen LogP contribution in [0.3, 0.4) is 0 Å². The van der Waals surface area contributed by atoms with E-state index in [1.807, 2.05) is 24.3 Å². The van der Waals surface area contributed by atoms with Gasteiger partial charge in [0.1, 0.15) is 5.56 Å². The Labute approximate surface area is 167 Å². The minimum absolute atomic E-state index is 0.00647. The van der Waals surface area contributed by atoms with Crippen molar-refractivity contribution in [3.05, 3.63) is 85.7 Å². The van der Waals surface area contributed by atoms with Crippen LogP contribution in [0.4, 0.5) is 5.69 Å². The van der Waals surface area contributed by atoms with E-state index in [1.165, 1.54) is 29.9 Å². The predicted octanol–water partition coefficient (Wildman–Crippen LogP) is 4.04. The van der Waals surface area contributed by atoms with Crippen molar-refractivity contribution in [2.75, 3.05) is 7.11 Å². The van der Waals surface area contributed by atoms with Gasteiger partial charge in [-0.25, -0.2) is 4.79 Å². The second-order valence-electron chi connectivity index (χ2n) is 7.85. The van der Waals surface area contributed by atoms with Crippen LogP contribution >= 0.6 is 0 Å². The second-order valence-corrected chi connectivity index (χ2v) is 7.85. The Morgan fingerprint density at radius 3 is 2.34 bits per heavy atom. The summed E-state index contributed by atoms with van der Waals surface area (Å²) in [5.41, 5.74) is 1.41. The number of nitro groups is 1. The SMILES string of the molecule is COC(=O)c1cc2c([N+](=O)[O-])cccc2n(Cc2ccc(C(C)(C)C)cc2)c1=O. The normalized spacial score (nSPS) is 11.4. The standard InChI is InChI=1S/C22H22N2O5/c1-22(2,3)15-10-8-14(9-11-15)13-23-18-6-5-7-19(24(27)28)16(18)12-17(20(23)25)21(26)29-4/h5-12H,13H2,1-4H3. The number of nitro benzene ring substituents is 1. The first-order valence-corrected chi connectivity index (χ1v) is 9.12. The number of nitrogens with zero attached hydrogens (tertiary/aromatic N) is 2. The highest BCUT2D eigenvalue weighted by Crippen LogP contribution is 2.26. The molecule has 0 aliphatic rings. The van der Waals surface area contributed by atoms with Gasteiger partial charge in [0.2, 0.25) is 0 Å². The van der Waals surface area contributed by atoms with E-state index in [4.69, 9.17) is 4.74 Å². The van der Waals surface area contributed by atoms with Crippen LogP contribution in [0.2, 0.25) is 0 Å². The highest BCUT2D eigenvalue weighted by atomic mass is 16.6. The Morgan fingerprint density at radius 1 is 1.14 bits per heavy atom. The summed E-state index contributed by atoms with van der Waals surface area (Å²) in [4.78, 5) is 36.0. The molecule has 0 spiro atoms. The molecule has 0 fully saturated rings. The lowest BCUT2D eigenvalue weighted by Gasteiger charge is -2.19. The number of carbonyl (C=O) groups is 1. The number of fused-ring (bicyclic) bond motifs is 1. The summed E-state index contributed by atoms with van der Waals surface area (Å²) in [5.74, 6) is -0.827. The summed E-state index contributed by atoms with van der Waals surface area (Å²) in [7, 11) is 1.17. The fourth-order valence-corrected chi connectivity index (χ4v) is 3.25. The number of aromatic nitrogens is 1. The van der Waals surface area contributed by atoms with Crippen molar-refractivity contribution in [1.82, 2.24) is 4.57 Å². The summed E-state index contributed by atoms with van der Waals surface area (Å²) in [6.45, 7) is 6.50. The maximum absolute atomic E-state index is 13.0. The number of hydrogen-bond donors (Lipinski definition) is 0. The minimum atomic E-state index is -0.827. The molecule has 0 bridgehead atoms. The molecule has 0 unspecified atom stereocenters. The monoisotopic (exact) mass is 394 g/mol. The molecule has 0 saturated carbocycles. The fourth-order valence-electron chi connectivity index (χ4n) is 3.25. The van der Waals surface area contributed by atoms with Crippen molar-refractivity contribution < 1.29 is 14.5 Å². The van der Waals surface area contributed by atoms with Crippen molar-refractivity contribution in [1.29, 1.82) is 0 Å². The van der Waals surface area contributed by atoms with Gasteiger partial charge in [-0.1, -0.05) is 51.1 Å². The molecule has 0 amide bonds. The summed E-state index contributed by atoms with van der Waals surface area (Å²) in [6.07, 6.45) is 0. The quantitative estimate of drug-likeness (QED) is 0.378. The molecule has 0 aliphatic heterocycles. The number of ether oxygens (including phenoxy) is 1. The third-order valence-corrected chi connectivity index (χ3v) is 4.88. The molecule has 7 nitrogen and oxygen atoms in total. The van der Waals surface area contributed by atoms with Gasteiger partial charge in [0.25, 0.3) is 11.2 Å². The molecule has 0 radical (unpaired) electrons. The summed E-state index contributed by atoms with van der Waals surface area (Å²) < 4.78 is 6.08. The number of benzene rings is 2. The van der Waals surface area contributed by atoms with Gasteiger partial charge in [-0.15, -0.1) is 0 Å². The van der Waals surface area contributed by atoms with Gasteiger partial charge in [-0.05, 0) is 28.7 Å². The van der Waals surface area contributed by atoms with E-state index < -0.39 is 16.5 Å². The molecule has 3 rings (SSSR count). The van der Waals surface area contributed by atoms with Gasteiger partial charge in [-0.2, -0.15) is 0 Å². The summed E-state index contributed by atoms with van der Waals surface area (Å²) >= 11 is 0. The summed E-state index contributed by atoms with van der Waals surface area (Å²) in [6, 6.07) is 13.6. The first kappa shape index (κ1) is 20.3. The van der Waals surface area contributed by atoms with E-state index in [1.54, 1.807) is 6.07 Å². The van der Waals surface area contributed by atoms with E-state index in [-0.39, 0.29) is 28.6 Å². The molecule has 1 aromatic heterocycles. The molecule has 0 atom stereocenters. The van der Waals surface area contributed by atoms with E-state index in [0.29, 0.717) is 5.52 Å². The molecule has 0 saturated heterocycles. The van der Waals surface area contributed by atoms with Crippen LogP contribution in [0, 0.1) is 10.1 Å². The predicted molar refractivity (Wildman–Crippen MR) is 110 cm³/mol. The van der Waals surface area contributed by atoms with Gasteiger partial charge in [0.15, 0.2) is 0 Å². The first-order valence-electron chi connectivity index (χ1n) is 9.12. The Balaban J connectivity index is 2.21. The van der Waals surface area contributed by atoms with Crippen LogP contribution in [0.1, 0.15) is 42.3 Å². The van der Waals surface area contributed by atoms with E-state index in [2.05, 4.69) is 20.8 Å². The van der Waals surface area contributed by atoms with Gasteiger partial charge in [0.05, 0.1) is 29.5 Å². The van der Waals surface area contributed by atoms with Crippen LogP contribution in [0.15, 0.2) is 53.3 Å². The molecule has 0 N–H and O–H groups in total. The molecular formula is C22H22N2O5. The summed E-state index contributed by atoms with van der Waals surface area (Å²) in [5, 5.41) is 11.7. The average molecular weight is 394 g/mol. The van der Waals surface area contributed by atoms with Crippen LogP contribution < -0.4 is 5.56 Å². The lowest BCUT2D eigenvalue weighted by molar-refractivity contribution is -0.383. The zero-order valence-electron chi connectivity index (χ0n) is 16.8. The van der Waals surface area contributed by atoms with Crippen LogP contribution in [0.25, 0.3) is 10.9 Å². The maximum Gasteiger partial charge on any atom is 0.343 e. The molecule has 2 aromatic carbocycles. The van der Waals surface area contributed by atoms with E-state index in [9.17, 15) is 19.7 Å². The molecule has 150 valence electrons. The topological polar surface area (TPSA) is 91.4 Å². The third-order valence-electron chi connectivity index (χ3n) is 4.88. The number of pyridine rings is 1. The Morgan fingerprint density at radius 2 is 1.79 bits per heavy atom. The molecular weight excluding hydrogens is 372 g/mol. The van der Waals surface area contributed by atoms with Crippen molar-refractivity contribution in [2.45, 2.75) is 32.7 Å². The Hall–Kier alpha value is -3.48. The highest BCUT2D eigenvalue weighted by molar-refractivity contribution is 5.96. The van der Waals surface area contributed by atoms with Crippen LogP contribution in [-0.2, 0) is 16.7 Å². The molecule has 7 heteroatoms. The molecule has 1 heterocycles. The minimum Gasteiger partial charge on any atom is -0.465 e. The fraction of sp³-hybridized carbons (Fsp3) is 0.273. The van der Waals surface area contributed by atoms with Crippen LogP contribution in [0.5, 0.6) is 0 Å². The first-order chi connectivity index (χ1) is 13.6. The lowest BCUT2D eigenvalue weighted by Crippen LogP contribution is -2.28. The van der Waals surface area contributed by atoms with E-state index >= 15 is 0 Å². The van der Waals surface area contributed by atoms with Crippen molar-refractivity contribution in [3.8, 4) is 0 Å². The van der Waals surface area contributed by atoms with Crippen molar-refractivity contribution in [3.63, 3.8) is 0 Å². The maximum atomic E-state index is 13.0. The van der Waals surface area contributed by atoms with E-state index in [0.717, 1.165) is 11.1 Å². The number of esters is 1. The number of non-ortho nitro benzene ring substituents is 1. The lowest BCUT2D eigenvalue weighted by atomic mass is 9.87. The van der Waals surface area contributed by atoms with Gasteiger partial charge in [0, 0.05) is 6.07 Å². The Bertz CT molecular complexity index is 1150. The van der Waals surface area contributed by atoms with Crippen molar-refractivity contribution >= 4 is 22.6 Å². The molecule has 29 heavy (non-hydrogen) atoms. The Kier molecular flexibility index (Phi) is 5.24. The number of carbonyl (C=O) groups excluding carboxylic acids is 1. The third kappa shape index (κ3) is 3.89. The van der Waals surface area contributed by atoms with Gasteiger partial charge < -0.3 is 9.30 Å². The highest BCUT2D eigenvalue weighted by Gasteiger charge is 2.21. The van der Waals surface area contributed by atoms with Gasteiger partial charge in [-0.3, -0.25) is 14.9 Å².